The van der Waals surface area contributed by atoms with Crippen LogP contribution in [0.1, 0.15) is 44.2 Å². The third-order valence-corrected chi connectivity index (χ3v) is 5.74. The van der Waals surface area contributed by atoms with Gasteiger partial charge in [0.05, 0.1) is 11.4 Å². The minimum atomic E-state index is -3.61. The van der Waals surface area contributed by atoms with E-state index < -0.39 is 10.0 Å². The number of nitrogens with zero attached hydrogens (tertiary/aromatic N) is 1. The molecule has 1 fully saturated rings. The molecule has 5 nitrogen and oxygen atoms in total. The number of aryl methyl sites for hydroxylation is 1. The molecule has 1 aliphatic rings. The van der Waals surface area contributed by atoms with Gasteiger partial charge in [0.2, 0.25) is 15.9 Å². The molecule has 0 aliphatic carbocycles. The van der Waals surface area contributed by atoms with E-state index in [1.165, 1.54) is 9.87 Å². The van der Waals surface area contributed by atoms with E-state index in [0.717, 1.165) is 18.4 Å². The fraction of sp³-hybridized carbons (Fsp3) is 0.562. The molecule has 22 heavy (non-hydrogen) atoms. The number of carbonyl (C=O) groups excluding carboxylic acids is 1. The van der Waals surface area contributed by atoms with Crippen LogP contribution in [0, 0.1) is 0 Å². The molecule has 1 aromatic rings. The molecule has 0 aromatic heterocycles. The van der Waals surface area contributed by atoms with Crippen molar-refractivity contribution < 1.29 is 13.2 Å². The van der Waals surface area contributed by atoms with Crippen molar-refractivity contribution in [3.8, 4) is 0 Å². The summed E-state index contributed by atoms with van der Waals surface area (Å²) >= 11 is 0. The monoisotopic (exact) mass is 324 g/mol. The van der Waals surface area contributed by atoms with E-state index in [1.54, 1.807) is 12.1 Å². The van der Waals surface area contributed by atoms with Crippen LogP contribution >= 0.6 is 0 Å². The molecule has 0 spiro atoms. The number of nitrogens with one attached hydrogen (secondary N) is 1. The molecule has 0 radical (unpaired) electrons. The zero-order valence-corrected chi connectivity index (χ0v) is 14.2. The average Bonchev–Trinajstić information content (AvgIpc) is 2.47. The van der Waals surface area contributed by atoms with Crippen LogP contribution in [-0.2, 0) is 21.2 Å². The zero-order chi connectivity index (χ0) is 16.3. The van der Waals surface area contributed by atoms with Gasteiger partial charge in [-0.1, -0.05) is 33.3 Å². The molecule has 0 saturated carbocycles. The number of hydrogen-bond acceptors (Lipinski definition) is 3. The Morgan fingerprint density at radius 2 is 2.05 bits per heavy atom. The number of hydrogen-bond donors (Lipinski definition) is 1. The maximum atomic E-state index is 12.7. The van der Waals surface area contributed by atoms with E-state index in [9.17, 15) is 13.2 Å². The number of sulfonamides is 1. The second kappa shape index (κ2) is 6.79. The predicted octanol–water partition coefficient (Wildman–Crippen LogP) is 1.88. The van der Waals surface area contributed by atoms with Crippen LogP contribution in [0.3, 0.4) is 0 Å². The van der Waals surface area contributed by atoms with Crippen molar-refractivity contribution in [2.24, 2.45) is 0 Å². The van der Waals surface area contributed by atoms with Gasteiger partial charge in [0.25, 0.3) is 0 Å². The molecule has 122 valence electrons. The molecule has 6 heteroatoms. The Labute approximate surface area is 132 Å². The highest BCUT2D eigenvalue weighted by atomic mass is 32.2. The summed E-state index contributed by atoms with van der Waals surface area (Å²) in [4.78, 5) is 11.7. The molecule has 1 N–H and O–H groups in total. The van der Waals surface area contributed by atoms with Gasteiger partial charge in [0, 0.05) is 13.1 Å². The van der Waals surface area contributed by atoms with E-state index in [2.05, 4.69) is 26.1 Å². The second-order valence-electron chi connectivity index (χ2n) is 5.95. The van der Waals surface area contributed by atoms with Crippen LogP contribution < -0.4 is 5.32 Å². The van der Waals surface area contributed by atoms with Gasteiger partial charge in [-0.25, -0.2) is 8.42 Å². The highest BCUT2D eigenvalue weighted by Gasteiger charge is 2.29. The molecule has 1 saturated heterocycles. The third-order valence-electron chi connectivity index (χ3n) is 3.90. The molecule has 0 bridgehead atoms. The molecule has 0 unspecified atom stereocenters. The fourth-order valence-corrected chi connectivity index (χ4v) is 4.21. The first kappa shape index (κ1) is 17.0. The van der Waals surface area contributed by atoms with Crippen LogP contribution in [0.25, 0.3) is 0 Å². The standard InChI is InChI=1S/C16H24N2O3S/c1-4-5-13-10-14(6-7-15(13)12(2)3)22(20,21)18-9-8-17-16(19)11-18/h6-7,10,12H,4-5,8-9,11H2,1-3H3,(H,17,19). The topological polar surface area (TPSA) is 66.5 Å². The van der Waals surface area contributed by atoms with E-state index in [4.69, 9.17) is 0 Å². The molecule has 1 aromatic carbocycles. The second-order valence-corrected chi connectivity index (χ2v) is 7.89. The number of benzene rings is 1. The number of carbonyl (C=O) groups is 1. The number of piperazine rings is 1. The largest absolute Gasteiger partial charge is 0.354 e. The van der Waals surface area contributed by atoms with Crippen molar-refractivity contribution in [3.63, 3.8) is 0 Å². The van der Waals surface area contributed by atoms with E-state index in [0.29, 0.717) is 19.0 Å². The summed E-state index contributed by atoms with van der Waals surface area (Å²) in [5.74, 6) is 0.112. The number of rotatable bonds is 5. The first-order valence-corrected chi connectivity index (χ1v) is 9.20. The first-order chi connectivity index (χ1) is 10.4. The van der Waals surface area contributed by atoms with Gasteiger partial charge in [-0.2, -0.15) is 4.31 Å². The SMILES string of the molecule is CCCc1cc(S(=O)(=O)N2CCNC(=O)C2)ccc1C(C)C. The van der Waals surface area contributed by atoms with Crippen molar-refractivity contribution in [2.45, 2.75) is 44.4 Å². The summed E-state index contributed by atoms with van der Waals surface area (Å²) in [5, 5.41) is 2.65. The predicted molar refractivity (Wildman–Crippen MR) is 86.3 cm³/mol. The third kappa shape index (κ3) is 3.50. The molecule has 0 atom stereocenters. The summed E-state index contributed by atoms with van der Waals surface area (Å²) in [5.41, 5.74) is 2.28. The van der Waals surface area contributed by atoms with E-state index >= 15 is 0 Å². The van der Waals surface area contributed by atoms with Gasteiger partial charge >= 0.3 is 0 Å². The average molecular weight is 324 g/mol. The van der Waals surface area contributed by atoms with E-state index in [1.807, 2.05) is 6.07 Å². The zero-order valence-electron chi connectivity index (χ0n) is 13.4. The molecule has 1 heterocycles. The van der Waals surface area contributed by atoms with E-state index in [-0.39, 0.29) is 17.3 Å². The Morgan fingerprint density at radius 3 is 2.64 bits per heavy atom. The van der Waals surface area contributed by atoms with Crippen LogP contribution in [-0.4, -0.2) is 38.3 Å². The normalized spacial score (nSPS) is 16.8. The Morgan fingerprint density at radius 1 is 1.32 bits per heavy atom. The Balaban J connectivity index is 2.38. The van der Waals surface area contributed by atoms with Crippen molar-refractivity contribution in [1.82, 2.24) is 9.62 Å². The van der Waals surface area contributed by atoms with Gasteiger partial charge in [-0.15, -0.1) is 0 Å². The van der Waals surface area contributed by atoms with Crippen molar-refractivity contribution in [1.29, 1.82) is 0 Å². The lowest BCUT2D eigenvalue weighted by molar-refractivity contribution is -0.122. The van der Waals surface area contributed by atoms with Gasteiger partial charge < -0.3 is 5.32 Å². The first-order valence-electron chi connectivity index (χ1n) is 7.76. The van der Waals surface area contributed by atoms with Crippen LogP contribution in [0.5, 0.6) is 0 Å². The van der Waals surface area contributed by atoms with Gasteiger partial charge in [-0.3, -0.25) is 4.79 Å². The Hall–Kier alpha value is -1.40. The Bertz CT molecular complexity index is 653. The number of amides is 1. The van der Waals surface area contributed by atoms with Gasteiger partial charge in [0.15, 0.2) is 0 Å². The lowest BCUT2D eigenvalue weighted by atomic mass is 9.95. The van der Waals surface area contributed by atoms with Crippen molar-refractivity contribution in [2.75, 3.05) is 19.6 Å². The van der Waals surface area contributed by atoms with Crippen LogP contribution in [0.4, 0.5) is 0 Å². The van der Waals surface area contributed by atoms with Gasteiger partial charge in [-0.05, 0) is 35.6 Å². The molecule has 2 rings (SSSR count). The fourth-order valence-electron chi connectivity index (χ4n) is 2.76. The smallest absolute Gasteiger partial charge is 0.243 e. The minimum absolute atomic E-state index is 0.0998. The molecule has 1 amide bonds. The summed E-state index contributed by atoms with van der Waals surface area (Å²) in [6, 6.07) is 5.35. The van der Waals surface area contributed by atoms with Gasteiger partial charge in [0.1, 0.15) is 0 Å². The molecular formula is C16H24N2O3S. The summed E-state index contributed by atoms with van der Waals surface area (Å²) < 4.78 is 26.7. The lowest BCUT2D eigenvalue weighted by Gasteiger charge is -2.26. The molecule has 1 aliphatic heterocycles. The maximum absolute atomic E-state index is 12.7. The summed E-state index contributed by atoms with van der Waals surface area (Å²) in [6.07, 6.45) is 1.83. The summed E-state index contributed by atoms with van der Waals surface area (Å²) in [6.45, 7) is 6.89. The van der Waals surface area contributed by atoms with Crippen molar-refractivity contribution >= 4 is 15.9 Å². The van der Waals surface area contributed by atoms with Crippen LogP contribution in [0.2, 0.25) is 0 Å². The maximum Gasteiger partial charge on any atom is 0.243 e. The minimum Gasteiger partial charge on any atom is -0.354 e. The van der Waals surface area contributed by atoms with Crippen LogP contribution in [0.15, 0.2) is 23.1 Å². The lowest BCUT2D eigenvalue weighted by Crippen LogP contribution is -2.49. The highest BCUT2D eigenvalue weighted by molar-refractivity contribution is 7.89. The highest BCUT2D eigenvalue weighted by Crippen LogP contribution is 2.26. The Kier molecular flexibility index (Phi) is 5.24. The molecular weight excluding hydrogens is 300 g/mol. The van der Waals surface area contributed by atoms with Crippen molar-refractivity contribution in [3.05, 3.63) is 29.3 Å². The summed E-state index contributed by atoms with van der Waals surface area (Å²) in [7, 11) is -3.61. The quantitative estimate of drug-likeness (QED) is 0.899.